The van der Waals surface area contributed by atoms with Crippen LogP contribution in [-0.2, 0) is 14.3 Å². The lowest BCUT2D eigenvalue weighted by Crippen LogP contribution is -2.45. The molecule has 22 heavy (non-hydrogen) atoms. The van der Waals surface area contributed by atoms with Crippen molar-refractivity contribution in [3.8, 4) is 0 Å². The van der Waals surface area contributed by atoms with Gasteiger partial charge in [0.25, 0.3) is 0 Å². The zero-order chi connectivity index (χ0) is 15.9. The average Bonchev–Trinajstić information content (AvgIpc) is 3.12. The summed E-state index contributed by atoms with van der Waals surface area (Å²) >= 11 is 0. The van der Waals surface area contributed by atoms with Crippen molar-refractivity contribution in [3.63, 3.8) is 0 Å². The van der Waals surface area contributed by atoms with Crippen molar-refractivity contribution in [3.05, 3.63) is 0 Å². The summed E-state index contributed by atoms with van der Waals surface area (Å²) < 4.78 is 11.2. The lowest BCUT2D eigenvalue weighted by molar-refractivity contribution is -0.156. The van der Waals surface area contributed by atoms with E-state index in [1.165, 1.54) is 19.3 Å². The maximum Gasteiger partial charge on any atom is 0.411 e. The van der Waals surface area contributed by atoms with E-state index in [4.69, 9.17) is 9.47 Å². The molecule has 0 aromatic carbocycles. The van der Waals surface area contributed by atoms with Crippen molar-refractivity contribution < 1.29 is 19.1 Å². The third kappa shape index (κ3) is 3.23. The number of ether oxygens (including phenoxy) is 2. The van der Waals surface area contributed by atoms with Crippen LogP contribution in [0.3, 0.4) is 0 Å². The van der Waals surface area contributed by atoms with Gasteiger partial charge in [0, 0.05) is 6.54 Å². The van der Waals surface area contributed by atoms with Gasteiger partial charge < -0.3 is 9.47 Å². The third-order valence-corrected chi connectivity index (χ3v) is 5.09. The van der Waals surface area contributed by atoms with Gasteiger partial charge in [-0.25, -0.2) is 9.59 Å². The van der Waals surface area contributed by atoms with Crippen molar-refractivity contribution in [2.24, 2.45) is 11.8 Å². The molecule has 1 saturated heterocycles. The molecule has 2 bridgehead atoms. The monoisotopic (exact) mass is 309 g/mol. The number of carbonyl (C=O) groups is 2. The molecular weight excluding hydrogens is 282 g/mol. The first kappa shape index (κ1) is 15.6. The van der Waals surface area contributed by atoms with E-state index in [2.05, 4.69) is 0 Å². The van der Waals surface area contributed by atoms with Crippen molar-refractivity contribution >= 4 is 12.1 Å². The van der Waals surface area contributed by atoms with Crippen LogP contribution in [0.4, 0.5) is 4.79 Å². The summed E-state index contributed by atoms with van der Waals surface area (Å²) in [5, 5.41) is 0. The van der Waals surface area contributed by atoms with Crippen molar-refractivity contribution in [2.75, 3.05) is 6.54 Å². The first-order valence-corrected chi connectivity index (χ1v) is 8.53. The highest BCUT2D eigenvalue weighted by Crippen LogP contribution is 2.46. The largest absolute Gasteiger partial charge is 0.461 e. The van der Waals surface area contributed by atoms with Gasteiger partial charge in [-0.05, 0) is 71.1 Å². The zero-order valence-electron chi connectivity index (χ0n) is 13.8. The number of esters is 1. The van der Waals surface area contributed by atoms with Crippen LogP contribution in [-0.4, -0.2) is 41.3 Å². The fourth-order valence-electron chi connectivity index (χ4n) is 4.11. The van der Waals surface area contributed by atoms with Crippen molar-refractivity contribution in [2.45, 2.75) is 77.0 Å². The Morgan fingerprint density at radius 3 is 2.45 bits per heavy atom. The third-order valence-electron chi connectivity index (χ3n) is 5.09. The molecule has 3 rings (SSSR count). The van der Waals surface area contributed by atoms with Gasteiger partial charge in [-0.2, -0.15) is 0 Å². The Morgan fingerprint density at radius 2 is 1.86 bits per heavy atom. The molecule has 124 valence electrons. The molecule has 2 saturated carbocycles. The molecule has 4 unspecified atom stereocenters. The molecule has 0 N–H and O–H groups in total. The second-order valence-electron chi connectivity index (χ2n) is 7.98. The van der Waals surface area contributed by atoms with Gasteiger partial charge in [0.2, 0.25) is 0 Å². The highest BCUT2D eigenvalue weighted by Gasteiger charge is 2.44. The molecule has 3 aliphatic rings. The minimum Gasteiger partial charge on any atom is -0.461 e. The van der Waals surface area contributed by atoms with Crippen LogP contribution in [0.5, 0.6) is 0 Å². The lowest BCUT2D eigenvalue weighted by Gasteiger charge is -2.29. The van der Waals surface area contributed by atoms with Gasteiger partial charge in [0.05, 0.1) is 0 Å². The smallest absolute Gasteiger partial charge is 0.411 e. The second kappa shape index (κ2) is 5.74. The number of fused-ring (bicyclic) bond motifs is 2. The molecule has 0 radical (unpaired) electrons. The lowest BCUT2D eigenvalue weighted by atomic mass is 9.98. The molecule has 5 nitrogen and oxygen atoms in total. The summed E-state index contributed by atoms with van der Waals surface area (Å²) in [6.45, 7) is 6.09. The van der Waals surface area contributed by atoms with Crippen LogP contribution in [0.25, 0.3) is 0 Å². The van der Waals surface area contributed by atoms with E-state index in [-0.39, 0.29) is 12.1 Å². The Morgan fingerprint density at radius 1 is 1.09 bits per heavy atom. The van der Waals surface area contributed by atoms with E-state index in [9.17, 15) is 9.59 Å². The first-order valence-electron chi connectivity index (χ1n) is 8.53. The van der Waals surface area contributed by atoms with Gasteiger partial charge in [-0.15, -0.1) is 0 Å². The normalized spacial score (nSPS) is 34.0. The standard InChI is InChI=1S/C17H27NO4/c1-17(2,3)22-16(20)18-8-4-5-13(18)15(19)21-14-10-11-6-7-12(14)9-11/h11-14H,4-10H2,1-3H3. The SMILES string of the molecule is CC(C)(C)OC(=O)N1CCCC1C(=O)OC1CC2CCC1C2. The van der Waals surface area contributed by atoms with Gasteiger partial charge >= 0.3 is 12.1 Å². The average molecular weight is 309 g/mol. The Balaban J connectivity index is 1.58. The zero-order valence-corrected chi connectivity index (χ0v) is 13.8. The summed E-state index contributed by atoms with van der Waals surface area (Å²) in [5.41, 5.74) is -0.543. The predicted molar refractivity (Wildman–Crippen MR) is 81.3 cm³/mol. The van der Waals surface area contributed by atoms with E-state index >= 15 is 0 Å². The number of rotatable bonds is 2. The first-order chi connectivity index (χ1) is 10.3. The highest BCUT2D eigenvalue weighted by atomic mass is 16.6. The number of hydrogen-bond donors (Lipinski definition) is 0. The molecule has 2 aliphatic carbocycles. The molecular formula is C17H27NO4. The fourth-order valence-corrected chi connectivity index (χ4v) is 4.11. The number of nitrogens with zero attached hydrogens (tertiary/aromatic N) is 1. The molecule has 1 amide bonds. The van der Waals surface area contributed by atoms with Gasteiger partial charge in [0.15, 0.2) is 0 Å². The van der Waals surface area contributed by atoms with Crippen molar-refractivity contribution in [1.29, 1.82) is 0 Å². The molecule has 0 aromatic rings. The Hall–Kier alpha value is -1.26. The summed E-state index contributed by atoms with van der Waals surface area (Å²) in [4.78, 5) is 26.3. The number of carbonyl (C=O) groups excluding carboxylic acids is 2. The van der Waals surface area contributed by atoms with Crippen LogP contribution in [0, 0.1) is 11.8 Å². The van der Waals surface area contributed by atoms with E-state index in [1.54, 1.807) is 4.90 Å². The number of hydrogen-bond acceptors (Lipinski definition) is 4. The van der Waals surface area contributed by atoms with Crippen LogP contribution < -0.4 is 0 Å². The van der Waals surface area contributed by atoms with E-state index in [0.717, 1.165) is 18.8 Å². The van der Waals surface area contributed by atoms with Gasteiger partial charge in [0.1, 0.15) is 17.7 Å². The Bertz CT molecular complexity index is 456. The van der Waals surface area contributed by atoms with Crippen LogP contribution >= 0.6 is 0 Å². The highest BCUT2D eigenvalue weighted by molar-refractivity contribution is 5.82. The number of amides is 1. The predicted octanol–water partition coefficient (Wildman–Crippen LogP) is 3.12. The molecule has 3 fully saturated rings. The second-order valence-corrected chi connectivity index (χ2v) is 7.98. The summed E-state index contributed by atoms with van der Waals surface area (Å²) in [7, 11) is 0. The van der Waals surface area contributed by atoms with Crippen molar-refractivity contribution in [1.82, 2.24) is 4.90 Å². The molecule has 1 heterocycles. The fraction of sp³-hybridized carbons (Fsp3) is 0.882. The molecule has 4 atom stereocenters. The van der Waals surface area contributed by atoms with Crippen LogP contribution in [0.15, 0.2) is 0 Å². The minimum atomic E-state index is -0.543. The maximum absolute atomic E-state index is 12.5. The van der Waals surface area contributed by atoms with Crippen LogP contribution in [0.1, 0.15) is 59.3 Å². The minimum absolute atomic E-state index is 0.0762. The molecule has 0 aromatic heterocycles. The van der Waals surface area contributed by atoms with E-state index in [0.29, 0.717) is 18.9 Å². The summed E-state index contributed by atoms with van der Waals surface area (Å²) in [6, 6.07) is -0.464. The molecule has 0 spiro atoms. The molecule has 1 aliphatic heterocycles. The van der Waals surface area contributed by atoms with Crippen LogP contribution in [0.2, 0.25) is 0 Å². The van der Waals surface area contributed by atoms with E-state index in [1.807, 2.05) is 20.8 Å². The Labute approximate surface area is 132 Å². The topological polar surface area (TPSA) is 55.8 Å². The summed E-state index contributed by atoms with van der Waals surface area (Å²) in [6.07, 6.45) is 5.87. The maximum atomic E-state index is 12.5. The van der Waals surface area contributed by atoms with Gasteiger partial charge in [-0.3, -0.25) is 4.90 Å². The quantitative estimate of drug-likeness (QED) is 0.735. The molecule has 5 heteroatoms. The van der Waals surface area contributed by atoms with Gasteiger partial charge in [-0.1, -0.05) is 0 Å². The Kier molecular flexibility index (Phi) is 4.08. The number of likely N-dealkylation sites (tertiary alicyclic amines) is 1. The van der Waals surface area contributed by atoms with E-state index < -0.39 is 17.7 Å². The summed E-state index contributed by atoms with van der Waals surface area (Å²) in [5.74, 6) is 1.06.